The van der Waals surface area contributed by atoms with Crippen LogP contribution in [-0.4, -0.2) is 22.3 Å². The third-order valence-electron chi connectivity index (χ3n) is 2.94. The van der Waals surface area contributed by atoms with Crippen LogP contribution in [0, 0.1) is 0 Å². The average molecular weight is 330 g/mol. The van der Waals surface area contributed by atoms with Crippen molar-refractivity contribution in [3.05, 3.63) is 41.7 Å². The third kappa shape index (κ3) is 3.94. The van der Waals surface area contributed by atoms with Crippen LogP contribution in [0.1, 0.15) is 19.4 Å². The average Bonchev–Trinajstić information content (AvgIpc) is 2.87. The molecule has 1 N–H and O–H groups in total. The van der Waals surface area contributed by atoms with E-state index in [4.69, 9.17) is 11.6 Å². The van der Waals surface area contributed by atoms with Gasteiger partial charge in [-0.15, -0.1) is 0 Å². The summed E-state index contributed by atoms with van der Waals surface area (Å²) in [5, 5.41) is 6.98. The second-order valence-corrected chi connectivity index (χ2v) is 4.86. The lowest BCUT2D eigenvalue weighted by Crippen LogP contribution is -2.26. The molecule has 5 nitrogen and oxygen atoms in total. The smallest absolute Gasteiger partial charge is 0.387 e. The van der Waals surface area contributed by atoms with Gasteiger partial charge in [0.05, 0.1) is 16.9 Å². The molecule has 0 spiro atoms. The van der Waals surface area contributed by atoms with E-state index in [9.17, 15) is 13.6 Å². The molecule has 1 unspecified atom stereocenters. The monoisotopic (exact) mass is 329 g/mol. The van der Waals surface area contributed by atoms with Crippen molar-refractivity contribution in [3.8, 4) is 5.75 Å². The van der Waals surface area contributed by atoms with Gasteiger partial charge in [-0.3, -0.25) is 9.48 Å². The van der Waals surface area contributed by atoms with Crippen LogP contribution in [0.25, 0.3) is 0 Å². The molecule has 1 aromatic carbocycles. The molecule has 0 aliphatic carbocycles. The summed E-state index contributed by atoms with van der Waals surface area (Å²) in [6.45, 7) is -1.16. The zero-order valence-electron chi connectivity index (χ0n) is 11.7. The van der Waals surface area contributed by atoms with E-state index in [0.29, 0.717) is 11.4 Å². The number of halogens is 3. The minimum Gasteiger partial charge on any atom is -0.433 e. The molecule has 0 saturated carbocycles. The zero-order chi connectivity index (χ0) is 16.1. The predicted octanol–water partition coefficient (Wildman–Crippen LogP) is 3.73. The van der Waals surface area contributed by atoms with Crippen molar-refractivity contribution in [2.45, 2.75) is 26.0 Å². The van der Waals surface area contributed by atoms with Crippen molar-refractivity contribution < 1.29 is 18.3 Å². The molecule has 8 heteroatoms. The summed E-state index contributed by atoms with van der Waals surface area (Å²) in [5.74, 6) is -0.494. The van der Waals surface area contributed by atoms with Crippen molar-refractivity contribution in [2.75, 3.05) is 5.32 Å². The van der Waals surface area contributed by atoms with Crippen LogP contribution >= 0.6 is 11.6 Å². The summed E-state index contributed by atoms with van der Waals surface area (Å²) in [7, 11) is 0. The summed E-state index contributed by atoms with van der Waals surface area (Å²) in [4.78, 5) is 12.3. The number of carbonyl (C=O) groups is 1. The fourth-order valence-electron chi connectivity index (χ4n) is 1.96. The normalized spacial score (nSPS) is 12.2. The molecule has 0 fully saturated rings. The van der Waals surface area contributed by atoms with Gasteiger partial charge in [0, 0.05) is 6.20 Å². The topological polar surface area (TPSA) is 56.1 Å². The number of aromatic nitrogens is 2. The molecule has 0 aliphatic rings. The number of hydrogen-bond donors (Lipinski definition) is 1. The summed E-state index contributed by atoms with van der Waals surface area (Å²) >= 11 is 5.79. The Morgan fingerprint density at radius 1 is 1.45 bits per heavy atom. The Hall–Kier alpha value is -2.15. The largest absolute Gasteiger partial charge is 0.433 e. The highest BCUT2D eigenvalue weighted by molar-refractivity contribution is 6.30. The first kappa shape index (κ1) is 16.2. The highest BCUT2D eigenvalue weighted by Crippen LogP contribution is 2.27. The van der Waals surface area contributed by atoms with E-state index in [2.05, 4.69) is 15.2 Å². The molecule has 22 heavy (non-hydrogen) atoms. The zero-order valence-corrected chi connectivity index (χ0v) is 12.4. The van der Waals surface area contributed by atoms with Crippen LogP contribution in [-0.2, 0) is 4.79 Å². The number of carbonyl (C=O) groups excluding carboxylic acids is 1. The number of ether oxygens (including phenoxy) is 1. The number of alkyl halides is 2. The quantitative estimate of drug-likeness (QED) is 0.878. The van der Waals surface area contributed by atoms with Gasteiger partial charge in [-0.05, 0) is 18.6 Å². The van der Waals surface area contributed by atoms with E-state index in [0.717, 1.165) is 0 Å². The first-order valence-corrected chi connectivity index (χ1v) is 6.93. The van der Waals surface area contributed by atoms with Gasteiger partial charge in [0.2, 0.25) is 5.91 Å². The van der Waals surface area contributed by atoms with Gasteiger partial charge in [-0.25, -0.2) is 0 Å². The lowest BCUT2D eigenvalue weighted by molar-refractivity contribution is -0.119. The Kier molecular flexibility index (Phi) is 5.32. The molecule has 1 amide bonds. The van der Waals surface area contributed by atoms with Gasteiger partial charge in [0.25, 0.3) is 0 Å². The van der Waals surface area contributed by atoms with Gasteiger partial charge in [-0.2, -0.15) is 13.9 Å². The first-order chi connectivity index (χ1) is 10.5. The molecule has 1 atom stereocenters. The minimum atomic E-state index is -2.97. The highest BCUT2D eigenvalue weighted by Gasteiger charge is 2.21. The minimum absolute atomic E-state index is 0.0980. The number of amides is 1. The standard InChI is InChI=1S/C14H14ClF2N3O2/c1-2-11(20-8-9(15)7-18-20)13(21)19-10-5-3-4-6-12(10)22-14(16)17/h3-8,11,14H,2H2,1H3,(H,19,21). The van der Waals surface area contributed by atoms with E-state index in [-0.39, 0.29) is 11.4 Å². The molecule has 0 saturated heterocycles. The second kappa shape index (κ2) is 7.22. The van der Waals surface area contributed by atoms with Crippen molar-refractivity contribution in [2.24, 2.45) is 0 Å². The molecule has 1 aromatic heterocycles. The lowest BCUT2D eigenvalue weighted by Gasteiger charge is -2.17. The van der Waals surface area contributed by atoms with Crippen LogP contribution in [0.4, 0.5) is 14.5 Å². The lowest BCUT2D eigenvalue weighted by atomic mass is 10.2. The van der Waals surface area contributed by atoms with Gasteiger partial charge in [0.1, 0.15) is 11.8 Å². The molecule has 1 heterocycles. The van der Waals surface area contributed by atoms with Gasteiger partial charge in [0.15, 0.2) is 0 Å². The van der Waals surface area contributed by atoms with Crippen LogP contribution in [0.15, 0.2) is 36.7 Å². The molecular weight excluding hydrogens is 316 g/mol. The molecule has 2 rings (SSSR count). The Bertz CT molecular complexity index is 649. The predicted molar refractivity (Wildman–Crippen MR) is 78.3 cm³/mol. The van der Waals surface area contributed by atoms with E-state index < -0.39 is 18.6 Å². The molecule has 118 valence electrons. The summed E-state index contributed by atoms with van der Waals surface area (Å²) in [6.07, 6.45) is 3.41. The Balaban J connectivity index is 2.17. The Labute approximate surface area is 130 Å². The van der Waals surface area contributed by atoms with Crippen LogP contribution in [0.2, 0.25) is 5.02 Å². The second-order valence-electron chi connectivity index (χ2n) is 4.43. The maximum Gasteiger partial charge on any atom is 0.387 e. The summed E-state index contributed by atoms with van der Waals surface area (Å²) < 4.78 is 30.5. The highest BCUT2D eigenvalue weighted by atomic mass is 35.5. The number of anilines is 1. The van der Waals surface area contributed by atoms with E-state index in [1.54, 1.807) is 13.0 Å². The van der Waals surface area contributed by atoms with Gasteiger partial charge in [-0.1, -0.05) is 30.7 Å². The third-order valence-corrected chi connectivity index (χ3v) is 3.13. The maximum atomic E-state index is 12.4. The number of benzene rings is 1. The molecule has 2 aromatic rings. The van der Waals surface area contributed by atoms with E-state index in [1.165, 1.54) is 35.3 Å². The van der Waals surface area contributed by atoms with Crippen LogP contribution in [0.3, 0.4) is 0 Å². The van der Waals surface area contributed by atoms with Crippen LogP contribution < -0.4 is 10.1 Å². The van der Waals surface area contributed by atoms with Gasteiger partial charge >= 0.3 is 6.61 Å². The van der Waals surface area contributed by atoms with Crippen molar-refractivity contribution in [1.82, 2.24) is 9.78 Å². The Morgan fingerprint density at radius 3 is 2.77 bits per heavy atom. The molecular formula is C14H14ClF2N3O2. The first-order valence-electron chi connectivity index (χ1n) is 6.55. The SMILES string of the molecule is CCC(C(=O)Nc1ccccc1OC(F)F)n1cc(Cl)cn1. The number of para-hydroxylation sites is 2. The number of nitrogens with zero attached hydrogens (tertiary/aromatic N) is 2. The fraction of sp³-hybridized carbons (Fsp3) is 0.286. The summed E-state index contributed by atoms with van der Waals surface area (Å²) in [5.41, 5.74) is 0.171. The maximum absolute atomic E-state index is 12.4. The van der Waals surface area contributed by atoms with E-state index >= 15 is 0 Å². The molecule has 0 radical (unpaired) electrons. The van der Waals surface area contributed by atoms with Crippen LogP contribution in [0.5, 0.6) is 5.75 Å². The Morgan fingerprint density at radius 2 is 2.18 bits per heavy atom. The van der Waals surface area contributed by atoms with E-state index in [1.807, 2.05) is 0 Å². The van der Waals surface area contributed by atoms with Crippen molar-refractivity contribution in [1.29, 1.82) is 0 Å². The fourth-order valence-corrected chi connectivity index (χ4v) is 2.11. The number of rotatable bonds is 6. The number of hydrogen-bond acceptors (Lipinski definition) is 3. The van der Waals surface area contributed by atoms with Crippen molar-refractivity contribution in [3.63, 3.8) is 0 Å². The summed E-state index contributed by atoms with van der Waals surface area (Å²) in [6, 6.07) is 5.39. The molecule has 0 aliphatic heterocycles. The van der Waals surface area contributed by atoms with Crippen molar-refractivity contribution >= 4 is 23.2 Å². The van der Waals surface area contributed by atoms with Gasteiger partial charge < -0.3 is 10.1 Å². The molecule has 0 bridgehead atoms. The number of nitrogens with one attached hydrogen (secondary N) is 1.